The molecular formula is C16H28N2O3. The van der Waals surface area contributed by atoms with Crippen molar-refractivity contribution in [2.75, 3.05) is 13.7 Å². The first-order valence-corrected chi connectivity index (χ1v) is 8.05. The lowest BCUT2D eigenvalue weighted by molar-refractivity contribution is -0.159. The molecule has 1 aliphatic heterocycles. The van der Waals surface area contributed by atoms with Gasteiger partial charge in [0.1, 0.15) is 11.6 Å². The largest absolute Gasteiger partial charge is 0.383 e. The van der Waals surface area contributed by atoms with Crippen LogP contribution in [0.1, 0.15) is 52.9 Å². The molecule has 1 saturated carbocycles. The van der Waals surface area contributed by atoms with Gasteiger partial charge in [-0.1, -0.05) is 26.7 Å². The Morgan fingerprint density at radius 2 is 1.90 bits per heavy atom. The summed E-state index contributed by atoms with van der Waals surface area (Å²) in [7, 11) is 1.63. The second-order valence-electron chi connectivity index (χ2n) is 6.94. The van der Waals surface area contributed by atoms with Crippen molar-refractivity contribution >= 4 is 11.8 Å². The summed E-state index contributed by atoms with van der Waals surface area (Å²) in [5.41, 5.74) is -0.646. The van der Waals surface area contributed by atoms with Gasteiger partial charge in [0.2, 0.25) is 11.8 Å². The lowest BCUT2D eigenvalue weighted by Gasteiger charge is -2.47. The Hall–Kier alpha value is -1.10. The van der Waals surface area contributed by atoms with Crippen LogP contribution in [-0.2, 0) is 14.3 Å². The topological polar surface area (TPSA) is 58.6 Å². The molecule has 0 aromatic heterocycles. The first-order valence-electron chi connectivity index (χ1n) is 8.05. The predicted octanol–water partition coefficient (Wildman–Crippen LogP) is 1.71. The smallest absolute Gasteiger partial charge is 0.249 e. The molecule has 1 saturated heterocycles. The fourth-order valence-electron chi connectivity index (χ4n) is 3.70. The number of carbonyl (C=O) groups excluding carboxylic acids is 2. The Morgan fingerprint density at radius 3 is 2.43 bits per heavy atom. The van der Waals surface area contributed by atoms with Crippen molar-refractivity contribution in [1.29, 1.82) is 0 Å². The third-order valence-corrected chi connectivity index (χ3v) is 4.68. The van der Waals surface area contributed by atoms with E-state index < -0.39 is 5.54 Å². The number of piperazine rings is 1. The summed E-state index contributed by atoms with van der Waals surface area (Å²) >= 11 is 0. The summed E-state index contributed by atoms with van der Waals surface area (Å²) in [4.78, 5) is 27.5. The molecule has 1 aliphatic carbocycles. The summed E-state index contributed by atoms with van der Waals surface area (Å²) in [5.74, 6) is 0.464. The van der Waals surface area contributed by atoms with E-state index in [1.807, 2.05) is 6.92 Å². The van der Waals surface area contributed by atoms with E-state index in [4.69, 9.17) is 4.74 Å². The van der Waals surface area contributed by atoms with Gasteiger partial charge in [0.25, 0.3) is 0 Å². The molecule has 2 unspecified atom stereocenters. The SMILES string of the molecule is COCC(C)N1C(=O)C2(CCCC2)NC(=O)C1CC(C)C. The van der Waals surface area contributed by atoms with Gasteiger partial charge in [-0.2, -0.15) is 0 Å². The molecule has 5 nitrogen and oxygen atoms in total. The van der Waals surface area contributed by atoms with E-state index in [0.717, 1.165) is 25.7 Å². The van der Waals surface area contributed by atoms with Crippen molar-refractivity contribution in [2.45, 2.75) is 70.5 Å². The predicted molar refractivity (Wildman–Crippen MR) is 80.8 cm³/mol. The Labute approximate surface area is 127 Å². The van der Waals surface area contributed by atoms with E-state index in [2.05, 4.69) is 19.2 Å². The lowest BCUT2D eigenvalue weighted by Crippen LogP contribution is -2.71. The number of nitrogens with one attached hydrogen (secondary N) is 1. The molecule has 21 heavy (non-hydrogen) atoms. The maximum Gasteiger partial charge on any atom is 0.249 e. The lowest BCUT2D eigenvalue weighted by atomic mass is 9.87. The second kappa shape index (κ2) is 6.34. The summed E-state index contributed by atoms with van der Waals surface area (Å²) in [6.07, 6.45) is 4.24. The van der Waals surface area contributed by atoms with Gasteiger partial charge in [0.05, 0.1) is 12.6 Å². The number of rotatable bonds is 5. The molecule has 2 rings (SSSR count). The van der Waals surface area contributed by atoms with E-state index >= 15 is 0 Å². The molecule has 0 aromatic rings. The average Bonchev–Trinajstić information content (AvgIpc) is 2.85. The Kier molecular flexibility index (Phi) is 4.91. The Bertz CT molecular complexity index is 402. The maximum atomic E-state index is 13.1. The molecule has 1 spiro atoms. The van der Waals surface area contributed by atoms with E-state index in [-0.39, 0.29) is 23.9 Å². The van der Waals surface area contributed by atoms with Crippen molar-refractivity contribution < 1.29 is 14.3 Å². The average molecular weight is 296 g/mol. The number of hydrogen-bond donors (Lipinski definition) is 1. The molecule has 0 aromatic carbocycles. The van der Waals surface area contributed by atoms with Crippen molar-refractivity contribution in [2.24, 2.45) is 5.92 Å². The quantitative estimate of drug-likeness (QED) is 0.840. The fraction of sp³-hybridized carbons (Fsp3) is 0.875. The first kappa shape index (κ1) is 16.3. The molecule has 120 valence electrons. The van der Waals surface area contributed by atoms with Gasteiger partial charge in [0.15, 0.2) is 0 Å². The molecule has 1 heterocycles. The van der Waals surface area contributed by atoms with Crippen molar-refractivity contribution in [3.05, 3.63) is 0 Å². The Morgan fingerprint density at radius 1 is 1.29 bits per heavy atom. The number of carbonyl (C=O) groups is 2. The van der Waals surface area contributed by atoms with Crippen LogP contribution in [0.3, 0.4) is 0 Å². The maximum absolute atomic E-state index is 13.1. The number of methoxy groups -OCH3 is 1. The van der Waals surface area contributed by atoms with Crippen LogP contribution >= 0.6 is 0 Å². The number of ether oxygens (including phenoxy) is 1. The van der Waals surface area contributed by atoms with Crippen LogP contribution in [0.5, 0.6) is 0 Å². The monoisotopic (exact) mass is 296 g/mol. The van der Waals surface area contributed by atoms with Crippen LogP contribution in [0.25, 0.3) is 0 Å². The van der Waals surface area contributed by atoms with Gasteiger partial charge < -0.3 is 15.0 Å². The molecule has 5 heteroatoms. The van der Waals surface area contributed by atoms with Crippen molar-refractivity contribution in [3.8, 4) is 0 Å². The van der Waals surface area contributed by atoms with E-state index in [0.29, 0.717) is 18.9 Å². The minimum absolute atomic E-state index is 0.00755. The third kappa shape index (κ3) is 3.07. The highest BCUT2D eigenvalue weighted by Crippen LogP contribution is 2.36. The zero-order chi connectivity index (χ0) is 15.6. The highest BCUT2D eigenvalue weighted by Gasteiger charge is 2.53. The van der Waals surface area contributed by atoms with Crippen LogP contribution in [0.15, 0.2) is 0 Å². The highest BCUT2D eigenvalue weighted by molar-refractivity contribution is 6.00. The van der Waals surface area contributed by atoms with Crippen LogP contribution in [0.2, 0.25) is 0 Å². The molecule has 2 atom stereocenters. The molecule has 0 bridgehead atoms. The van der Waals surface area contributed by atoms with Gasteiger partial charge in [-0.3, -0.25) is 9.59 Å². The van der Waals surface area contributed by atoms with Crippen molar-refractivity contribution in [3.63, 3.8) is 0 Å². The molecule has 2 aliphatic rings. The molecular weight excluding hydrogens is 268 g/mol. The fourth-order valence-corrected chi connectivity index (χ4v) is 3.70. The van der Waals surface area contributed by atoms with Crippen LogP contribution in [0.4, 0.5) is 0 Å². The minimum Gasteiger partial charge on any atom is -0.383 e. The second-order valence-corrected chi connectivity index (χ2v) is 6.94. The van der Waals surface area contributed by atoms with E-state index in [9.17, 15) is 9.59 Å². The van der Waals surface area contributed by atoms with Crippen LogP contribution < -0.4 is 5.32 Å². The zero-order valence-corrected chi connectivity index (χ0v) is 13.6. The van der Waals surface area contributed by atoms with Crippen molar-refractivity contribution in [1.82, 2.24) is 10.2 Å². The van der Waals surface area contributed by atoms with Crippen LogP contribution in [0, 0.1) is 5.92 Å². The summed E-state index contributed by atoms with van der Waals surface area (Å²) < 4.78 is 5.22. The van der Waals surface area contributed by atoms with Gasteiger partial charge >= 0.3 is 0 Å². The number of amides is 2. The summed E-state index contributed by atoms with van der Waals surface area (Å²) in [6.45, 7) is 6.59. The zero-order valence-electron chi connectivity index (χ0n) is 13.6. The molecule has 1 N–H and O–H groups in total. The van der Waals surface area contributed by atoms with E-state index in [1.165, 1.54) is 0 Å². The van der Waals surface area contributed by atoms with E-state index in [1.54, 1.807) is 12.0 Å². The number of hydrogen-bond acceptors (Lipinski definition) is 3. The normalized spacial score (nSPS) is 26.5. The van der Waals surface area contributed by atoms with Crippen LogP contribution in [-0.4, -0.2) is 48.1 Å². The van der Waals surface area contributed by atoms with Gasteiger partial charge in [0, 0.05) is 7.11 Å². The first-order chi connectivity index (χ1) is 9.91. The Balaban J connectivity index is 2.29. The summed E-state index contributed by atoms with van der Waals surface area (Å²) in [5, 5.41) is 3.05. The van der Waals surface area contributed by atoms with Gasteiger partial charge in [-0.05, 0) is 32.1 Å². The van der Waals surface area contributed by atoms with Gasteiger partial charge in [-0.15, -0.1) is 0 Å². The summed E-state index contributed by atoms with van der Waals surface area (Å²) in [6, 6.07) is -0.441. The highest BCUT2D eigenvalue weighted by atomic mass is 16.5. The minimum atomic E-state index is -0.646. The standard InChI is InChI=1S/C16H28N2O3/c1-11(2)9-13-14(19)17-16(7-5-6-8-16)15(20)18(13)12(3)10-21-4/h11-13H,5-10H2,1-4H3,(H,17,19). The molecule has 0 radical (unpaired) electrons. The molecule has 2 amide bonds. The third-order valence-electron chi connectivity index (χ3n) is 4.68. The molecule has 2 fully saturated rings. The van der Waals surface area contributed by atoms with Gasteiger partial charge in [-0.25, -0.2) is 0 Å². The number of nitrogens with zero attached hydrogens (tertiary/aromatic N) is 1.